The number of alkyl halides is 3. The van der Waals surface area contributed by atoms with Gasteiger partial charge in [-0.05, 0) is 42.3 Å². The minimum atomic E-state index is -4.33. The second-order valence-corrected chi connectivity index (χ2v) is 4.89. The highest BCUT2D eigenvalue weighted by atomic mass is 19.4. The third kappa shape index (κ3) is 4.23. The van der Waals surface area contributed by atoms with Crippen LogP contribution in [-0.2, 0) is 12.7 Å². The van der Waals surface area contributed by atoms with Crippen LogP contribution in [0.5, 0.6) is 5.75 Å². The average Bonchev–Trinajstić information content (AvgIpc) is 2.45. The lowest BCUT2D eigenvalue weighted by molar-refractivity contribution is -0.137. The van der Waals surface area contributed by atoms with Gasteiger partial charge in [-0.3, -0.25) is 0 Å². The fourth-order valence-corrected chi connectivity index (χ4v) is 1.99. The van der Waals surface area contributed by atoms with Gasteiger partial charge in [0.2, 0.25) is 0 Å². The van der Waals surface area contributed by atoms with Crippen LogP contribution in [0, 0.1) is 0 Å². The molecule has 0 spiro atoms. The van der Waals surface area contributed by atoms with Gasteiger partial charge in [-0.25, -0.2) is 0 Å². The highest BCUT2D eigenvalue weighted by Crippen LogP contribution is 2.30. The molecule has 0 saturated carbocycles. The zero-order valence-corrected chi connectivity index (χ0v) is 11.5. The normalized spacial score (nSPS) is 13.1. The summed E-state index contributed by atoms with van der Waals surface area (Å²) in [6.07, 6.45) is -4.33. The van der Waals surface area contributed by atoms with Gasteiger partial charge in [0.1, 0.15) is 5.75 Å². The highest BCUT2D eigenvalue weighted by Gasteiger charge is 2.30. The fourth-order valence-electron chi connectivity index (χ4n) is 1.99. The highest BCUT2D eigenvalue weighted by molar-refractivity contribution is 5.28. The van der Waals surface area contributed by atoms with Crippen molar-refractivity contribution < 1.29 is 18.3 Å². The molecule has 2 rings (SSSR count). The zero-order chi connectivity index (χ0) is 15.5. The monoisotopic (exact) mass is 295 g/mol. The molecule has 0 aliphatic heterocycles. The first kappa shape index (κ1) is 15.4. The van der Waals surface area contributed by atoms with E-state index in [0.717, 1.165) is 17.7 Å². The topological polar surface area (TPSA) is 32.3 Å². The second kappa shape index (κ2) is 6.18. The van der Waals surface area contributed by atoms with Crippen LogP contribution in [0.3, 0.4) is 0 Å². The Hall–Kier alpha value is -2.01. The number of rotatable bonds is 4. The molecule has 0 aliphatic carbocycles. The number of phenolic OH excluding ortho intramolecular Hbond substituents is 1. The first-order valence-electron chi connectivity index (χ1n) is 6.55. The SMILES string of the molecule is CC(NCc1ccc(O)cc1)c1cccc(C(F)(F)F)c1. The Labute approximate surface area is 121 Å². The lowest BCUT2D eigenvalue weighted by Crippen LogP contribution is -2.18. The van der Waals surface area contributed by atoms with E-state index in [-0.39, 0.29) is 11.8 Å². The minimum absolute atomic E-state index is 0.185. The van der Waals surface area contributed by atoms with Gasteiger partial charge in [0.05, 0.1) is 5.56 Å². The van der Waals surface area contributed by atoms with E-state index in [0.29, 0.717) is 12.1 Å². The number of nitrogens with one attached hydrogen (secondary N) is 1. The molecule has 112 valence electrons. The molecule has 2 N–H and O–H groups in total. The Morgan fingerprint density at radius 1 is 1.10 bits per heavy atom. The molecule has 5 heteroatoms. The van der Waals surface area contributed by atoms with Crippen LogP contribution in [0.1, 0.15) is 29.7 Å². The molecular weight excluding hydrogens is 279 g/mol. The number of halogens is 3. The van der Waals surface area contributed by atoms with Crippen molar-refractivity contribution >= 4 is 0 Å². The summed E-state index contributed by atoms with van der Waals surface area (Å²) in [7, 11) is 0. The second-order valence-electron chi connectivity index (χ2n) is 4.89. The molecule has 1 unspecified atom stereocenters. The van der Waals surface area contributed by atoms with Gasteiger partial charge in [0.15, 0.2) is 0 Å². The van der Waals surface area contributed by atoms with Gasteiger partial charge in [-0.2, -0.15) is 13.2 Å². The van der Waals surface area contributed by atoms with Crippen LogP contribution in [-0.4, -0.2) is 5.11 Å². The molecule has 0 aromatic heterocycles. The Balaban J connectivity index is 2.03. The molecule has 21 heavy (non-hydrogen) atoms. The lowest BCUT2D eigenvalue weighted by atomic mass is 10.0. The number of phenols is 1. The summed E-state index contributed by atoms with van der Waals surface area (Å²) in [6, 6.07) is 11.8. The summed E-state index contributed by atoms with van der Waals surface area (Å²) in [5.74, 6) is 0.185. The van der Waals surface area contributed by atoms with Crippen molar-refractivity contribution in [2.75, 3.05) is 0 Å². The van der Waals surface area contributed by atoms with Crippen LogP contribution in [0.15, 0.2) is 48.5 Å². The molecule has 0 aliphatic rings. The predicted molar refractivity (Wildman–Crippen MR) is 74.8 cm³/mol. The van der Waals surface area contributed by atoms with Crippen molar-refractivity contribution in [3.63, 3.8) is 0 Å². The Kier molecular flexibility index (Phi) is 4.53. The number of aromatic hydroxyl groups is 1. The van der Waals surface area contributed by atoms with Crippen LogP contribution in [0.4, 0.5) is 13.2 Å². The summed E-state index contributed by atoms with van der Waals surface area (Å²) in [5.41, 5.74) is 0.897. The first-order valence-corrected chi connectivity index (χ1v) is 6.55. The van der Waals surface area contributed by atoms with E-state index in [2.05, 4.69) is 5.32 Å². The van der Waals surface area contributed by atoms with Crippen molar-refractivity contribution in [1.82, 2.24) is 5.32 Å². The van der Waals surface area contributed by atoms with Crippen LogP contribution >= 0.6 is 0 Å². The lowest BCUT2D eigenvalue weighted by Gasteiger charge is -2.16. The Morgan fingerprint density at radius 2 is 1.76 bits per heavy atom. The summed E-state index contributed by atoms with van der Waals surface area (Å²) in [4.78, 5) is 0. The molecule has 1 atom stereocenters. The summed E-state index contributed by atoms with van der Waals surface area (Å²) >= 11 is 0. The third-order valence-corrected chi connectivity index (χ3v) is 3.26. The van der Waals surface area contributed by atoms with Crippen molar-refractivity contribution in [2.24, 2.45) is 0 Å². The van der Waals surface area contributed by atoms with E-state index in [1.165, 1.54) is 6.07 Å². The standard InChI is InChI=1S/C16H16F3NO/c1-11(20-10-12-5-7-15(21)8-6-12)13-3-2-4-14(9-13)16(17,18)19/h2-9,11,20-21H,10H2,1H3. The van der Waals surface area contributed by atoms with Gasteiger partial charge in [0, 0.05) is 12.6 Å². The quantitative estimate of drug-likeness (QED) is 0.883. The third-order valence-electron chi connectivity index (χ3n) is 3.26. The summed E-state index contributed by atoms with van der Waals surface area (Å²) in [6.45, 7) is 2.33. The van der Waals surface area contributed by atoms with Crippen LogP contribution in [0.25, 0.3) is 0 Å². The van der Waals surface area contributed by atoms with Crippen molar-refractivity contribution in [3.05, 3.63) is 65.2 Å². The van der Waals surface area contributed by atoms with Crippen molar-refractivity contribution in [3.8, 4) is 5.75 Å². The van der Waals surface area contributed by atoms with Gasteiger partial charge in [0.25, 0.3) is 0 Å². The minimum Gasteiger partial charge on any atom is -0.508 e. The smallest absolute Gasteiger partial charge is 0.416 e. The number of hydrogen-bond acceptors (Lipinski definition) is 2. The Bertz CT molecular complexity index is 593. The number of hydrogen-bond donors (Lipinski definition) is 2. The van der Waals surface area contributed by atoms with Gasteiger partial charge in [-0.15, -0.1) is 0 Å². The maximum absolute atomic E-state index is 12.7. The molecule has 2 aromatic carbocycles. The van der Waals surface area contributed by atoms with Crippen molar-refractivity contribution in [1.29, 1.82) is 0 Å². The van der Waals surface area contributed by atoms with E-state index in [1.54, 1.807) is 30.3 Å². The zero-order valence-electron chi connectivity index (χ0n) is 11.5. The maximum Gasteiger partial charge on any atom is 0.416 e. The molecule has 0 amide bonds. The van der Waals surface area contributed by atoms with Crippen LogP contribution < -0.4 is 5.32 Å². The molecule has 0 radical (unpaired) electrons. The number of benzene rings is 2. The van der Waals surface area contributed by atoms with E-state index in [9.17, 15) is 18.3 Å². The fraction of sp³-hybridized carbons (Fsp3) is 0.250. The molecular formula is C16H16F3NO. The van der Waals surface area contributed by atoms with E-state index in [4.69, 9.17) is 0 Å². The van der Waals surface area contributed by atoms with Gasteiger partial charge < -0.3 is 10.4 Å². The summed E-state index contributed by atoms with van der Waals surface area (Å²) < 4.78 is 38.0. The maximum atomic E-state index is 12.7. The van der Waals surface area contributed by atoms with Crippen LogP contribution in [0.2, 0.25) is 0 Å². The van der Waals surface area contributed by atoms with Gasteiger partial charge in [-0.1, -0.05) is 24.3 Å². The Morgan fingerprint density at radius 3 is 2.38 bits per heavy atom. The summed E-state index contributed by atoms with van der Waals surface area (Å²) in [5, 5.41) is 12.4. The van der Waals surface area contributed by atoms with E-state index >= 15 is 0 Å². The molecule has 0 heterocycles. The van der Waals surface area contributed by atoms with Gasteiger partial charge >= 0.3 is 6.18 Å². The molecule has 0 fully saturated rings. The average molecular weight is 295 g/mol. The molecule has 2 nitrogen and oxygen atoms in total. The van der Waals surface area contributed by atoms with E-state index < -0.39 is 11.7 Å². The first-order chi connectivity index (χ1) is 9.86. The van der Waals surface area contributed by atoms with E-state index in [1.807, 2.05) is 6.92 Å². The molecule has 0 bridgehead atoms. The predicted octanol–water partition coefficient (Wildman–Crippen LogP) is 4.26. The molecule has 0 saturated heterocycles. The van der Waals surface area contributed by atoms with Crippen molar-refractivity contribution in [2.45, 2.75) is 25.7 Å². The molecule has 2 aromatic rings. The largest absolute Gasteiger partial charge is 0.508 e.